The molecule has 74 valence electrons. The van der Waals surface area contributed by atoms with Crippen LogP contribution >= 0.6 is 0 Å². The Hall–Kier alpha value is 0.0300. The lowest BCUT2D eigenvalue weighted by atomic mass is 10.2. The van der Waals surface area contributed by atoms with Gasteiger partial charge in [-0.2, -0.15) is 4.21 Å². The summed E-state index contributed by atoms with van der Waals surface area (Å²) in [5.74, 6) is 0. The average molecular weight is 196 g/mol. The van der Waals surface area contributed by atoms with E-state index in [4.69, 9.17) is 4.55 Å². The van der Waals surface area contributed by atoms with Crippen molar-refractivity contribution in [1.29, 1.82) is 0 Å². The molecule has 0 bridgehead atoms. The van der Waals surface area contributed by atoms with Gasteiger partial charge in [-0.1, -0.05) is 32.6 Å². The van der Waals surface area contributed by atoms with Gasteiger partial charge in [0.2, 0.25) is 0 Å². The van der Waals surface area contributed by atoms with Gasteiger partial charge >= 0.3 is 11.4 Å². The molecule has 0 aromatic rings. The van der Waals surface area contributed by atoms with E-state index in [0.29, 0.717) is 6.61 Å². The molecular formula is C7H16O4S. The van der Waals surface area contributed by atoms with Crippen molar-refractivity contribution in [2.24, 2.45) is 0 Å². The Morgan fingerprint density at radius 1 is 1.25 bits per heavy atom. The first kappa shape index (κ1) is 12.0. The summed E-state index contributed by atoms with van der Waals surface area (Å²) in [6.45, 7) is 2.53. The Kier molecular flexibility index (Phi) is 9.14. The molecule has 0 rings (SSSR count). The van der Waals surface area contributed by atoms with Crippen molar-refractivity contribution in [3.8, 4) is 0 Å². The molecule has 0 aromatic heterocycles. The predicted molar refractivity (Wildman–Crippen MR) is 46.6 cm³/mol. The van der Waals surface area contributed by atoms with Crippen LogP contribution in [0.3, 0.4) is 0 Å². The van der Waals surface area contributed by atoms with E-state index in [1.54, 1.807) is 0 Å². The van der Waals surface area contributed by atoms with Gasteiger partial charge in [-0.05, 0) is 6.42 Å². The van der Waals surface area contributed by atoms with Gasteiger partial charge < -0.3 is 0 Å². The Morgan fingerprint density at radius 2 is 1.92 bits per heavy atom. The van der Waals surface area contributed by atoms with Crippen LogP contribution in [0.2, 0.25) is 0 Å². The standard InChI is InChI=1S/C7H16O4S/c1-2-3-4-5-6-7-10-11-12(8)9/h2-7H2,1H3,(H,8,9). The van der Waals surface area contributed by atoms with E-state index in [2.05, 4.69) is 16.1 Å². The van der Waals surface area contributed by atoms with Crippen molar-refractivity contribution in [3.63, 3.8) is 0 Å². The van der Waals surface area contributed by atoms with E-state index in [1.165, 1.54) is 19.3 Å². The van der Waals surface area contributed by atoms with Crippen molar-refractivity contribution in [1.82, 2.24) is 0 Å². The molecule has 0 aromatic carbocycles. The minimum Gasteiger partial charge on any atom is -0.282 e. The maximum Gasteiger partial charge on any atom is 0.330 e. The molecule has 1 N–H and O–H groups in total. The van der Waals surface area contributed by atoms with Crippen molar-refractivity contribution in [2.75, 3.05) is 6.61 Å². The average Bonchev–Trinajstić information content (AvgIpc) is 2.02. The molecule has 1 unspecified atom stereocenters. The zero-order valence-corrected chi connectivity index (χ0v) is 8.14. The van der Waals surface area contributed by atoms with Gasteiger partial charge in [0.05, 0.1) is 6.61 Å². The van der Waals surface area contributed by atoms with E-state index in [0.717, 1.165) is 12.8 Å². The van der Waals surface area contributed by atoms with Crippen LogP contribution in [-0.2, 0) is 20.6 Å². The zero-order chi connectivity index (χ0) is 9.23. The fraction of sp³-hybridized carbons (Fsp3) is 1.00. The molecule has 0 aliphatic carbocycles. The van der Waals surface area contributed by atoms with Crippen LogP contribution in [0.5, 0.6) is 0 Å². The highest BCUT2D eigenvalue weighted by molar-refractivity contribution is 7.74. The number of unbranched alkanes of at least 4 members (excludes halogenated alkanes) is 4. The molecule has 0 spiro atoms. The normalized spacial score (nSPS) is 13.2. The molecule has 0 heterocycles. The monoisotopic (exact) mass is 196 g/mol. The smallest absolute Gasteiger partial charge is 0.282 e. The van der Waals surface area contributed by atoms with Crippen molar-refractivity contribution in [2.45, 2.75) is 39.0 Å². The summed E-state index contributed by atoms with van der Waals surface area (Å²) in [6, 6.07) is 0. The van der Waals surface area contributed by atoms with E-state index >= 15 is 0 Å². The van der Waals surface area contributed by atoms with Crippen LogP contribution in [-0.4, -0.2) is 15.4 Å². The maximum atomic E-state index is 9.90. The fourth-order valence-corrected chi connectivity index (χ4v) is 0.990. The van der Waals surface area contributed by atoms with Gasteiger partial charge in [0.15, 0.2) is 0 Å². The molecule has 1 atom stereocenters. The first-order valence-electron chi connectivity index (χ1n) is 4.18. The van der Waals surface area contributed by atoms with E-state index in [-0.39, 0.29) is 0 Å². The van der Waals surface area contributed by atoms with Crippen molar-refractivity contribution >= 4 is 11.4 Å². The van der Waals surface area contributed by atoms with Crippen LogP contribution in [0, 0.1) is 0 Å². The van der Waals surface area contributed by atoms with E-state index in [1.807, 2.05) is 0 Å². The molecule has 0 amide bonds. The molecule has 4 nitrogen and oxygen atoms in total. The predicted octanol–water partition coefficient (Wildman–Crippen LogP) is 2.04. The molecule has 5 heteroatoms. The largest absolute Gasteiger partial charge is 0.330 e. The summed E-state index contributed by atoms with van der Waals surface area (Å²) >= 11 is -2.30. The quantitative estimate of drug-likeness (QED) is 0.279. The van der Waals surface area contributed by atoms with Gasteiger partial charge in [0, 0.05) is 0 Å². The summed E-state index contributed by atoms with van der Waals surface area (Å²) in [5, 5.41) is 0. The van der Waals surface area contributed by atoms with Gasteiger partial charge in [-0.15, -0.1) is 4.33 Å². The Bertz CT molecular complexity index is 118. The molecule has 0 fully saturated rings. The minimum atomic E-state index is -2.30. The lowest BCUT2D eigenvalue weighted by Gasteiger charge is -1.99. The maximum absolute atomic E-state index is 9.90. The highest BCUT2D eigenvalue weighted by Gasteiger charge is 1.94. The fourth-order valence-electron chi connectivity index (χ4n) is 0.840. The second kappa shape index (κ2) is 9.12. The van der Waals surface area contributed by atoms with Crippen molar-refractivity contribution in [3.05, 3.63) is 0 Å². The number of rotatable bonds is 8. The summed E-state index contributed by atoms with van der Waals surface area (Å²) < 4.78 is 22.0. The molecule has 0 saturated carbocycles. The van der Waals surface area contributed by atoms with Crippen LogP contribution in [0.15, 0.2) is 0 Å². The third-order valence-corrected chi connectivity index (χ3v) is 1.65. The minimum absolute atomic E-state index is 0.385. The summed E-state index contributed by atoms with van der Waals surface area (Å²) in [7, 11) is 0. The Balaban J connectivity index is 2.86. The first-order chi connectivity index (χ1) is 5.77. The van der Waals surface area contributed by atoms with Gasteiger partial charge in [-0.3, -0.25) is 4.55 Å². The molecule has 0 radical (unpaired) electrons. The lowest BCUT2D eigenvalue weighted by Crippen LogP contribution is -1.98. The lowest BCUT2D eigenvalue weighted by molar-refractivity contribution is -0.202. The zero-order valence-electron chi connectivity index (χ0n) is 7.32. The van der Waals surface area contributed by atoms with Crippen LogP contribution in [0.1, 0.15) is 39.0 Å². The van der Waals surface area contributed by atoms with Crippen LogP contribution in [0.4, 0.5) is 0 Å². The third-order valence-electron chi connectivity index (χ3n) is 1.44. The van der Waals surface area contributed by atoms with Crippen molar-refractivity contribution < 1.29 is 18.0 Å². The van der Waals surface area contributed by atoms with Gasteiger partial charge in [-0.25, -0.2) is 4.89 Å². The van der Waals surface area contributed by atoms with Gasteiger partial charge in [0.1, 0.15) is 0 Å². The van der Waals surface area contributed by atoms with Gasteiger partial charge in [0.25, 0.3) is 0 Å². The Labute approximate surface area is 75.7 Å². The second-order valence-corrected chi connectivity index (χ2v) is 3.09. The topological polar surface area (TPSA) is 55.8 Å². The molecule has 0 saturated heterocycles. The SMILES string of the molecule is CCCCCCCOOS(=O)O. The molecule has 0 aliphatic heterocycles. The van der Waals surface area contributed by atoms with Crippen LogP contribution in [0.25, 0.3) is 0 Å². The molecule has 0 aliphatic rings. The highest BCUT2D eigenvalue weighted by Crippen LogP contribution is 2.02. The first-order valence-corrected chi connectivity index (χ1v) is 5.21. The second-order valence-electron chi connectivity index (χ2n) is 2.52. The number of hydrogen-bond acceptors (Lipinski definition) is 3. The number of hydrogen-bond donors (Lipinski definition) is 1. The Morgan fingerprint density at radius 3 is 2.50 bits per heavy atom. The van der Waals surface area contributed by atoms with E-state index in [9.17, 15) is 4.21 Å². The van der Waals surface area contributed by atoms with Crippen LogP contribution < -0.4 is 0 Å². The summed E-state index contributed by atoms with van der Waals surface area (Å²) in [4.78, 5) is 4.43. The molecule has 12 heavy (non-hydrogen) atoms. The summed E-state index contributed by atoms with van der Waals surface area (Å²) in [5.41, 5.74) is 0. The summed E-state index contributed by atoms with van der Waals surface area (Å²) in [6.07, 6.45) is 5.57. The highest BCUT2D eigenvalue weighted by atomic mass is 32.2. The van der Waals surface area contributed by atoms with E-state index < -0.39 is 11.4 Å². The third kappa shape index (κ3) is 10.0. The molecular weight excluding hydrogens is 180 g/mol.